The van der Waals surface area contributed by atoms with Crippen LogP contribution in [-0.4, -0.2) is 35.7 Å². The molecule has 1 aliphatic rings. The molecule has 0 radical (unpaired) electrons. The number of nitrogens with one attached hydrogen (secondary N) is 1. The second kappa shape index (κ2) is 7.69. The Labute approximate surface area is 107 Å². The fraction of sp³-hybridized carbons (Fsp3) is 0.615. The molecular weight excluding hydrogens is 232 g/mol. The van der Waals surface area contributed by atoms with Crippen LogP contribution in [0.25, 0.3) is 0 Å². The lowest BCUT2D eigenvalue weighted by Crippen LogP contribution is -2.18. The van der Waals surface area contributed by atoms with E-state index in [2.05, 4.69) is 10.3 Å². The van der Waals surface area contributed by atoms with Crippen LogP contribution in [0, 0.1) is 0 Å². The fourth-order valence-corrected chi connectivity index (χ4v) is 2.84. The van der Waals surface area contributed by atoms with Gasteiger partial charge >= 0.3 is 0 Å². The molecule has 1 aromatic heterocycles. The van der Waals surface area contributed by atoms with E-state index < -0.39 is 0 Å². The Morgan fingerprint density at radius 3 is 3.24 bits per heavy atom. The zero-order chi connectivity index (χ0) is 11.8. The van der Waals surface area contributed by atoms with Gasteiger partial charge in [0.05, 0.1) is 11.8 Å². The van der Waals surface area contributed by atoms with Crippen LogP contribution in [-0.2, 0) is 11.3 Å². The molecule has 1 unspecified atom stereocenters. The second-order valence-corrected chi connectivity index (χ2v) is 5.36. The first-order valence-electron chi connectivity index (χ1n) is 6.25. The number of nitrogens with zero attached hydrogens (tertiary/aromatic N) is 1. The topological polar surface area (TPSA) is 34.1 Å². The first kappa shape index (κ1) is 12.9. The maximum atomic E-state index is 5.58. The Bertz CT molecular complexity index is 302. The lowest BCUT2D eigenvalue weighted by atomic mass is 10.3. The number of aromatic nitrogens is 1. The van der Waals surface area contributed by atoms with Crippen molar-refractivity contribution in [3.63, 3.8) is 0 Å². The minimum absolute atomic E-state index is 0.510. The van der Waals surface area contributed by atoms with Crippen molar-refractivity contribution < 1.29 is 4.74 Å². The molecule has 3 nitrogen and oxygen atoms in total. The third-order valence-corrected chi connectivity index (χ3v) is 3.88. The lowest BCUT2D eigenvalue weighted by molar-refractivity contribution is 0.129. The van der Waals surface area contributed by atoms with Crippen LogP contribution in [0.3, 0.4) is 0 Å². The van der Waals surface area contributed by atoms with Gasteiger partial charge in [-0.25, -0.2) is 0 Å². The van der Waals surface area contributed by atoms with Crippen LogP contribution in [0.4, 0.5) is 0 Å². The summed E-state index contributed by atoms with van der Waals surface area (Å²) < 4.78 is 5.58. The summed E-state index contributed by atoms with van der Waals surface area (Å²) in [5.74, 6) is 2.29. The Hall–Kier alpha value is -0.580. The summed E-state index contributed by atoms with van der Waals surface area (Å²) in [5, 5.41) is 3.40. The number of hydrogen-bond acceptors (Lipinski definition) is 4. The molecule has 0 aliphatic carbocycles. The van der Waals surface area contributed by atoms with Gasteiger partial charge in [0.1, 0.15) is 0 Å². The molecule has 1 N–H and O–H groups in total. The van der Waals surface area contributed by atoms with Crippen LogP contribution in [0.5, 0.6) is 0 Å². The fourth-order valence-electron chi connectivity index (χ4n) is 1.85. The van der Waals surface area contributed by atoms with Gasteiger partial charge in [-0.05, 0) is 25.0 Å². The maximum absolute atomic E-state index is 5.58. The average Bonchev–Trinajstić information content (AvgIpc) is 2.88. The minimum atomic E-state index is 0.510. The van der Waals surface area contributed by atoms with Crippen LogP contribution in [0.15, 0.2) is 24.4 Å². The zero-order valence-corrected chi connectivity index (χ0v) is 10.9. The molecule has 0 amide bonds. The quantitative estimate of drug-likeness (QED) is 0.754. The number of rotatable bonds is 7. The standard InChI is InChI=1S/C13H20N2OS/c1-2-6-15-12(4-1)10-14-7-9-17-11-13-5-3-8-16-13/h1-2,4,6,13-14H,3,5,7-11H2. The first-order valence-corrected chi connectivity index (χ1v) is 7.40. The van der Waals surface area contributed by atoms with E-state index in [9.17, 15) is 0 Å². The highest BCUT2D eigenvalue weighted by atomic mass is 32.2. The van der Waals surface area contributed by atoms with Gasteiger partial charge in [-0.1, -0.05) is 6.07 Å². The van der Waals surface area contributed by atoms with Crippen molar-refractivity contribution >= 4 is 11.8 Å². The molecule has 94 valence electrons. The van der Waals surface area contributed by atoms with Gasteiger partial charge in [0, 0.05) is 37.4 Å². The largest absolute Gasteiger partial charge is 0.377 e. The molecule has 0 saturated carbocycles. The van der Waals surface area contributed by atoms with E-state index in [1.54, 1.807) is 0 Å². The number of hydrogen-bond donors (Lipinski definition) is 1. The summed E-state index contributed by atoms with van der Waals surface area (Å²) in [6.45, 7) is 2.86. The lowest BCUT2D eigenvalue weighted by Gasteiger charge is -2.08. The number of ether oxygens (including phenoxy) is 1. The van der Waals surface area contributed by atoms with Crippen LogP contribution < -0.4 is 5.32 Å². The van der Waals surface area contributed by atoms with Gasteiger partial charge in [-0.15, -0.1) is 0 Å². The monoisotopic (exact) mass is 252 g/mol. The summed E-state index contributed by atoms with van der Waals surface area (Å²) in [4.78, 5) is 4.27. The molecule has 2 heterocycles. The molecule has 0 bridgehead atoms. The predicted molar refractivity (Wildman–Crippen MR) is 72.2 cm³/mol. The van der Waals surface area contributed by atoms with Crippen molar-refractivity contribution in [2.24, 2.45) is 0 Å². The van der Waals surface area contributed by atoms with Crippen molar-refractivity contribution in [2.45, 2.75) is 25.5 Å². The van der Waals surface area contributed by atoms with E-state index in [-0.39, 0.29) is 0 Å². The molecule has 1 aliphatic heterocycles. The Kier molecular flexibility index (Phi) is 5.82. The Balaban J connectivity index is 1.46. The van der Waals surface area contributed by atoms with Gasteiger partial charge in [0.15, 0.2) is 0 Å². The molecule has 0 spiro atoms. The third-order valence-electron chi connectivity index (χ3n) is 2.78. The molecule has 2 rings (SSSR count). The summed E-state index contributed by atoms with van der Waals surface area (Å²) in [7, 11) is 0. The van der Waals surface area contributed by atoms with Crippen LogP contribution in [0.1, 0.15) is 18.5 Å². The van der Waals surface area contributed by atoms with Gasteiger partial charge in [-0.3, -0.25) is 4.98 Å². The maximum Gasteiger partial charge on any atom is 0.0666 e. The van der Waals surface area contributed by atoms with E-state index in [0.29, 0.717) is 6.10 Å². The number of pyridine rings is 1. The summed E-state index contributed by atoms with van der Waals surface area (Å²) in [6.07, 6.45) is 4.83. The van der Waals surface area contributed by atoms with E-state index in [1.807, 2.05) is 36.2 Å². The van der Waals surface area contributed by atoms with E-state index in [1.165, 1.54) is 12.8 Å². The third kappa shape index (κ3) is 5.06. The Morgan fingerprint density at radius 1 is 1.47 bits per heavy atom. The molecule has 1 atom stereocenters. The molecule has 1 fully saturated rings. The number of thioether (sulfide) groups is 1. The van der Waals surface area contributed by atoms with Crippen molar-refractivity contribution in [1.29, 1.82) is 0 Å². The van der Waals surface area contributed by atoms with E-state index >= 15 is 0 Å². The smallest absolute Gasteiger partial charge is 0.0666 e. The molecule has 1 saturated heterocycles. The van der Waals surface area contributed by atoms with Crippen molar-refractivity contribution in [3.8, 4) is 0 Å². The molecular formula is C13H20N2OS. The van der Waals surface area contributed by atoms with Crippen molar-refractivity contribution in [2.75, 3.05) is 24.7 Å². The highest BCUT2D eigenvalue weighted by molar-refractivity contribution is 7.99. The highest BCUT2D eigenvalue weighted by Crippen LogP contribution is 2.16. The SMILES string of the molecule is c1ccc(CNCCSCC2CCCO2)nc1. The van der Waals surface area contributed by atoms with Gasteiger partial charge in [0.25, 0.3) is 0 Å². The van der Waals surface area contributed by atoms with Gasteiger partial charge in [-0.2, -0.15) is 11.8 Å². The summed E-state index contributed by atoms with van der Waals surface area (Å²) >= 11 is 1.98. The highest BCUT2D eigenvalue weighted by Gasteiger charge is 2.14. The molecule has 17 heavy (non-hydrogen) atoms. The van der Waals surface area contributed by atoms with E-state index in [0.717, 1.165) is 36.9 Å². The molecule has 0 aromatic carbocycles. The van der Waals surface area contributed by atoms with Crippen molar-refractivity contribution in [1.82, 2.24) is 10.3 Å². The summed E-state index contributed by atoms with van der Waals surface area (Å²) in [6, 6.07) is 6.02. The summed E-state index contributed by atoms with van der Waals surface area (Å²) in [5.41, 5.74) is 1.11. The van der Waals surface area contributed by atoms with Gasteiger partial charge < -0.3 is 10.1 Å². The second-order valence-electron chi connectivity index (χ2n) is 4.21. The minimum Gasteiger partial charge on any atom is -0.377 e. The van der Waals surface area contributed by atoms with Gasteiger partial charge in [0.2, 0.25) is 0 Å². The van der Waals surface area contributed by atoms with Crippen LogP contribution >= 0.6 is 11.8 Å². The zero-order valence-electron chi connectivity index (χ0n) is 10.1. The molecule has 1 aromatic rings. The van der Waals surface area contributed by atoms with Crippen molar-refractivity contribution in [3.05, 3.63) is 30.1 Å². The van der Waals surface area contributed by atoms with Crippen LogP contribution in [0.2, 0.25) is 0 Å². The average molecular weight is 252 g/mol. The predicted octanol–water partition coefficient (Wildman–Crippen LogP) is 2.08. The van der Waals surface area contributed by atoms with E-state index in [4.69, 9.17) is 4.74 Å². The first-order chi connectivity index (χ1) is 8.45. The molecule has 4 heteroatoms. The Morgan fingerprint density at radius 2 is 2.47 bits per heavy atom. The normalized spacial score (nSPS) is 19.6.